The highest BCUT2D eigenvalue weighted by atomic mass is 32.3. The normalized spacial score (nSPS) is 17.3. The Morgan fingerprint density at radius 3 is 2.52 bits per heavy atom. The highest BCUT2D eigenvalue weighted by Crippen LogP contribution is 2.31. The number of amidine groups is 2. The van der Waals surface area contributed by atoms with E-state index in [1.54, 1.807) is 6.08 Å². The van der Waals surface area contributed by atoms with Gasteiger partial charge in [-0.25, -0.2) is 8.42 Å². The molecular formula is C22H23N5O4S2. The lowest BCUT2D eigenvalue weighted by Gasteiger charge is -2.20. The van der Waals surface area contributed by atoms with Gasteiger partial charge in [-0.1, -0.05) is 6.92 Å². The van der Waals surface area contributed by atoms with Crippen molar-refractivity contribution in [2.24, 2.45) is 10.1 Å². The van der Waals surface area contributed by atoms with E-state index in [0.29, 0.717) is 6.61 Å². The van der Waals surface area contributed by atoms with E-state index in [1.165, 1.54) is 6.92 Å². The number of rotatable bonds is 5. The van der Waals surface area contributed by atoms with Crippen molar-refractivity contribution < 1.29 is 17.9 Å². The average molecular weight is 486 g/mol. The van der Waals surface area contributed by atoms with Crippen LogP contribution < -0.4 is 4.74 Å². The van der Waals surface area contributed by atoms with Crippen molar-refractivity contribution in [1.82, 2.24) is 9.58 Å². The fourth-order valence-electron chi connectivity index (χ4n) is 3.57. The number of thioether (sulfide) groups is 1. The lowest BCUT2D eigenvalue weighted by atomic mass is 10.1. The number of nitrogens with one attached hydrogen (secondary N) is 1. The first-order chi connectivity index (χ1) is 15.7. The predicted molar refractivity (Wildman–Crippen MR) is 131 cm³/mol. The predicted octanol–water partition coefficient (Wildman–Crippen LogP) is 3.50. The number of benzene rings is 1. The first-order valence-electron chi connectivity index (χ1n) is 10.3. The molecule has 0 saturated carbocycles. The fourth-order valence-corrected chi connectivity index (χ4v) is 5.73. The number of carbonyl (C=O) groups excluding carboxylic acids is 1. The van der Waals surface area contributed by atoms with Crippen LogP contribution >= 0.6 is 11.8 Å². The molecule has 0 aliphatic carbocycles. The van der Waals surface area contributed by atoms with Gasteiger partial charge >= 0.3 is 0 Å². The number of hydrazone groups is 1. The smallest absolute Gasteiger partial charge is 0.283 e. The quantitative estimate of drug-likeness (QED) is 0.648. The standard InChI is InChI=1S/C22H23N5O4S2/c1-5-31-17-9-7-16(8-10-17)26-13(3)11-15(14(26)4)12-18-19(23)27-21(24-20(18)28)32-22(25-27)33(29,30)6-2/h7-12,23H,5-6H2,1-4H3/b18-12-,23-19?. The third-order valence-corrected chi connectivity index (χ3v) is 8.35. The van der Waals surface area contributed by atoms with Gasteiger partial charge in [0, 0.05) is 17.1 Å². The van der Waals surface area contributed by atoms with E-state index in [9.17, 15) is 13.2 Å². The van der Waals surface area contributed by atoms with E-state index in [4.69, 9.17) is 10.1 Å². The Kier molecular flexibility index (Phi) is 6.02. The number of carbonyl (C=O) groups is 1. The minimum atomic E-state index is -3.57. The molecule has 1 amide bonds. The first-order valence-corrected chi connectivity index (χ1v) is 12.8. The topological polar surface area (TPSA) is 117 Å². The molecule has 4 rings (SSSR count). The number of aliphatic imine (C=N–C) groups is 1. The van der Waals surface area contributed by atoms with E-state index >= 15 is 0 Å². The molecule has 2 aromatic rings. The average Bonchev–Trinajstić information content (AvgIpc) is 3.33. The molecule has 0 unspecified atom stereocenters. The van der Waals surface area contributed by atoms with Crippen LogP contribution in [0.25, 0.3) is 11.8 Å². The minimum absolute atomic E-state index is 0.0465. The SMILES string of the molecule is CCOc1ccc(-n2c(C)cc(/C=C3/C(=N)N4N=C(S(=O)(=O)CC)SC4=NC3=O)c2C)cc1. The van der Waals surface area contributed by atoms with Crippen LogP contribution in [0.1, 0.15) is 30.8 Å². The summed E-state index contributed by atoms with van der Waals surface area (Å²) in [6, 6.07) is 9.64. The molecule has 0 bridgehead atoms. The van der Waals surface area contributed by atoms with Gasteiger partial charge in [-0.3, -0.25) is 10.2 Å². The number of nitrogens with zero attached hydrogens (tertiary/aromatic N) is 4. The van der Waals surface area contributed by atoms with Crippen molar-refractivity contribution >= 4 is 49.0 Å². The number of fused-ring (bicyclic) bond motifs is 1. The van der Waals surface area contributed by atoms with Crippen molar-refractivity contribution in [2.45, 2.75) is 27.7 Å². The zero-order chi connectivity index (χ0) is 23.9. The van der Waals surface area contributed by atoms with Crippen LogP contribution in [0, 0.1) is 19.3 Å². The molecule has 172 valence electrons. The van der Waals surface area contributed by atoms with Crippen LogP contribution in [0.15, 0.2) is 46.0 Å². The van der Waals surface area contributed by atoms with Gasteiger partial charge in [0.15, 0.2) is 5.84 Å². The fraction of sp³-hybridized carbons (Fsp3) is 0.273. The summed E-state index contributed by atoms with van der Waals surface area (Å²) in [7, 11) is -3.57. The maximum absolute atomic E-state index is 12.7. The molecule has 2 aliphatic rings. The first kappa shape index (κ1) is 23.0. The van der Waals surface area contributed by atoms with Gasteiger partial charge < -0.3 is 9.30 Å². The molecule has 1 aromatic heterocycles. The van der Waals surface area contributed by atoms with Crippen LogP contribution in [-0.4, -0.2) is 51.6 Å². The summed E-state index contributed by atoms with van der Waals surface area (Å²) in [5, 5.41) is 13.7. The molecule has 0 fully saturated rings. The second kappa shape index (κ2) is 8.64. The van der Waals surface area contributed by atoms with Crippen molar-refractivity contribution in [3.05, 3.63) is 52.9 Å². The molecule has 1 N–H and O–H groups in total. The highest BCUT2D eigenvalue weighted by molar-refractivity contribution is 8.42. The Bertz CT molecular complexity index is 1350. The number of aryl methyl sites for hydroxylation is 1. The van der Waals surface area contributed by atoms with Gasteiger partial charge in [0.05, 0.1) is 17.9 Å². The molecule has 0 spiro atoms. The molecule has 0 atom stereocenters. The molecule has 2 aliphatic heterocycles. The summed E-state index contributed by atoms with van der Waals surface area (Å²) in [6.07, 6.45) is 1.60. The van der Waals surface area contributed by atoms with Crippen molar-refractivity contribution in [2.75, 3.05) is 12.4 Å². The minimum Gasteiger partial charge on any atom is -0.494 e. The van der Waals surface area contributed by atoms with Gasteiger partial charge in [0.2, 0.25) is 19.4 Å². The summed E-state index contributed by atoms with van der Waals surface area (Å²) < 4.78 is 31.7. The monoisotopic (exact) mass is 485 g/mol. The Hall–Kier alpha value is -3.18. The van der Waals surface area contributed by atoms with E-state index in [1.807, 2.05) is 55.7 Å². The zero-order valence-electron chi connectivity index (χ0n) is 18.6. The van der Waals surface area contributed by atoms with E-state index < -0.39 is 15.7 Å². The third kappa shape index (κ3) is 4.13. The van der Waals surface area contributed by atoms with Crippen LogP contribution in [0.2, 0.25) is 0 Å². The Labute approximate surface area is 196 Å². The number of ether oxygens (including phenoxy) is 1. The summed E-state index contributed by atoms with van der Waals surface area (Å²) in [6.45, 7) is 7.92. The molecule has 0 saturated heterocycles. The largest absolute Gasteiger partial charge is 0.494 e. The van der Waals surface area contributed by atoms with Crippen molar-refractivity contribution in [3.63, 3.8) is 0 Å². The van der Waals surface area contributed by atoms with E-state index in [0.717, 1.165) is 45.2 Å². The number of aromatic nitrogens is 1. The van der Waals surface area contributed by atoms with Crippen LogP contribution in [0.5, 0.6) is 5.75 Å². The molecule has 11 heteroatoms. The molecule has 3 heterocycles. The lowest BCUT2D eigenvalue weighted by Crippen LogP contribution is -2.35. The Balaban J connectivity index is 1.70. The van der Waals surface area contributed by atoms with Gasteiger partial charge in [-0.15, -0.1) is 5.10 Å². The molecule has 9 nitrogen and oxygen atoms in total. The summed E-state index contributed by atoms with van der Waals surface area (Å²) in [5.74, 6) is -0.143. The second-order valence-corrected chi connectivity index (χ2v) is 10.8. The van der Waals surface area contributed by atoms with E-state index in [-0.39, 0.29) is 26.7 Å². The molecule has 33 heavy (non-hydrogen) atoms. The number of hydrogen-bond acceptors (Lipinski definition) is 7. The van der Waals surface area contributed by atoms with Crippen LogP contribution in [0.4, 0.5) is 0 Å². The van der Waals surface area contributed by atoms with Crippen molar-refractivity contribution in [3.8, 4) is 11.4 Å². The van der Waals surface area contributed by atoms with E-state index in [2.05, 4.69) is 10.1 Å². The van der Waals surface area contributed by atoms with Crippen LogP contribution in [-0.2, 0) is 14.6 Å². The number of amides is 1. The Morgan fingerprint density at radius 1 is 1.18 bits per heavy atom. The summed E-state index contributed by atoms with van der Waals surface area (Å²) in [5.41, 5.74) is 3.58. The summed E-state index contributed by atoms with van der Waals surface area (Å²) in [4.78, 5) is 16.7. The second-order valence-electron chi connectivity index (χ2n) is 7.38. The molecular weight excluding hydrogens is 462 g/mol. The van der Waals surface area contributed by atoms with Crippen LogP contribution in [0.3, 0.4) is 0 Å². The number of sulfone groups is 1. The summed E-state index contributed by atoms with van der Waals surface area (Å²) >= 11 is 0.788. The maximum Gasteiger partial charge on any atom is 0.283 e. The molecule has 1 aromatic carbocycles. The number of hydrogen-bond donors (Lipinski definition) is 1. The van der Waals surface area contributed by atoms with Gasteiger partial charge in [0.25, 0.3) is 5.91 Å². The van der Waals surface area contributed by atoms with Gasteiger partial charge in [0.1, 0.15) is 5.75 Å². The van der Waals surface area contributed by atoms with Gasteiger partial charge in [-0.05, 0) is 74.5 Å². The maximum atomic E-state index is 12.7. The molecule has 0 radical (unpaired) electrons. The Morgan fingerprint density at radius 2 is 1.88 bits per heavy atom. The highest BCUT2D eigenvalue weighted by Gasteiger charge is 2.39. The third-order valence-electron chi connectivity index (χ3n) is 5.26. The van der Waals surface area contributed by atoms with Gasteiger partial charge in [-0.2, -0.15) is 10.0 Å². The van der Waals surface area contributed by atoms with Crippen molar-refractivity contribution in [1.29, 1.82) is 5.41 Å². The zero-order valence-corrected chi connectivity index (χ0v) is 20.2. The lowest BCUT2D eigenvalue weighted by molar-refractivity contribution is -0.114.